The van der Waals surface area contributed by atoms with Gasteiger partial charge in [-0.05, 0) is 37.3 Å². The first-order valence-corrected chi connectivity index (χ1v) is 10.8. The fourth-order valence-electron chi connectivity index (χ4n) is 3.09. The van der Waals surface area contributed by atoms with Gasteiger partial charge in [0.25, 0.3) is 21.8 Å². The number of carbonyl (C=O) groups excluding carboxylic acids is 2. The van der Waals surface area contributed by atoms with Crippen LogP contribution >= 0.6 is 23.2 Å². The third kappa shape index (κ3) is 3.43. The van der Waals surface area contributed by atoms with E-state index in [0.29, 0.717) is 0 Å². The number of imide groups is 1. The number of hydrogen-bond acceptors (Lipinski definition) is 5. The van der Waals surface area contributed by atoms with Crippen LogP contribution in [0.4, 0.5) is 11.4 Å². The number of hydrogen-bond donors (Lipinski definition) is 1. The molecule has 0 radical (unpaired) electrons. The van der Waals surface area contributed by atoms with Crippen molar-refractivity contribution in [3.8, 4) is 0 Å². The van der Waals surface area contributed by atoms with E-state index in [9.17, 15) is 18.0 Å². The zero-order valence-corrected chi connectivity index (χ0v) is 17.7. The van der Waals surface area contributed by atoms with Gasteiger partial charge in [-0.3, -0.25) is 19.3 Å². The number of nitrogens with one attached hydrogen (secondary N) is 1. The molecule has 2 heterocycles. The third-order valence-electron chi connectivity index (χ3n) is 4.51. The average molecular weight is 462 g/mol. The summed E-state index contributed by atoms with van der Waals surface area (Å²) in [5, 5.41) is 0.259. The summed E-state index contributed by atoms with van der Waals surface area (Å²) in [4.78, 5) is 30.8. The minimum absolute atomic E-state index is 0.0180. The average Bonchev–Trinajstić information content (AvgIpc) is 2.96. The Hall–Kier alpha value is -2.94. The fraction of sp³-hybridized carbons (Fsp3) is 0.0500. The van der Waals surface area contributed by atoms with E-state index in [2.05, 4.69) is 9.71 Å². The van der Waals surface area contributed by atoms with Gasteiger partial charge in [-0.2, -0.15) is 0 Å². The van der Waals surface area contributed by atoms with Crippen LogP contribution in [-0.4, -0.2) is 25.2 Å². The molecule has 0 bridgehead atoms. The van der Waals surface area contributed by atoms with Crippen LogP contribution in [-0.2, 0) is 10.0 Å². The van der Waals surface area contributed by atoms with Gasteiger partial charge in [0.1, 0.15) is 0 Å². The molecule has 1 N–H and O–H groups in total. The monoisotopic (exact) mass is 461 g/mol. The van der Waals surface area contributed by atoms with Crippen molar-refractivity contribution in [1.29, 1.82) is 0 Å². The van der Waals surface area contributed by atoms with Crippen molar-refractivity contribution in [3.05, 3.63) is 81.6 Å². The van der Waals surface area contributed by atoms with Crippen molar-refractivity contribution in [2.45, 2.75) is 11.8 Å². The Morgan fingerprint density at radius 3 is 2.27 bits per heavy atom. The second kappa shape index (κ2) is 7.39. The van der Waals surface area contributed by atoms with Crippen LogP contribution < -0.4 is 9.62 Å². The minimum atomic E-state index is -4.00. The number of rotatable bonds is 4. The lowest BCUT2D eigenvalue weighted by atomic mass is 10.1. The molecule has 1 aliphatic heterocycles. The van der Waals surface area contributed by atoms with Crippen molar-refractivity contribution < 1.29 is 18.0 Å². The Bertz CT molecular complexity index is 1310. The number of nitrogens with zero attached hydrogens (tertiary/aromatic N) is 2. The first kappa shape index (κ1) is 20.3. The first-order chi connectivity index (χ1) is 14.2. The van der Waals surface area contributed by atoms with Gasteiger partial charge in [-0.25, -0.2) is 13.3 Å². The summed E-state index contributed by atoms with van der Waals surface area (Å²) in [6, 6.07) is 10.3. The fourth-order valence-corrected chi connectivity index (χ4v) is 4.57. The standard InChI is InChI=1S/C20H13Cl2N3O4S/c1-11-2-4-14(5-3-11)30(28,29)24-16-7-6-15(22)17-18(16)20(27)25(19(17)26)13-8-12(21)9-23-10-13/h2-10,24H,1H3. The highest BCUT2D eigenvalue weighted by molar-refractivity contribution is 7.92. The van der Waals surface area contributed by atoms with E-state index >= 15 is 0 Å². The molecule has 0 saturated carbocycles. The quantitative estimate of drug-likeness (QED) is 0.584. The summed E-state index contributed by atoms with van der Waals surface area (Å²) in [6.07, 6.45) is 2.66. The Morgan fingerprint density at radius 1 is 0.933 bits per heavy atom. The van der Waals surface area contributed by atoms with Crippen molar-refractivity contribution in [2.75, 3.05) is 9.62 Å². The highest BCUT2D eigenvalue weighted by Crippen LogP contribution is 2.38. The molecule has 1 aliphatic rings. The molecule has 152 valence electrons. The summed E-state index contributed by atoms with van der Waals surface area (Å²) < 4.78 is 28.0. The Balaban J connectivity index is 1.79. The smallest absolute Gasteiger partial charge is 0.268 e. The van der Waals surface area contributed by atoms with Crippen LogP contribution in [0, 0.1) is 6.92 Å². The van der Waals surface area contributed by atoms with Crippen molar-refractivity contribution in [3.63, 3.8) is 0 Å². The van der Waals surface area contributed by atoms with Crippen LogP contribution in [0.25, 0.3) is 0 Å². The van der Waals surface area contributed by atoms with E-state index in [0.717, 1.165) is 10.5 Å². The molecular formula is C20H13Cl2N3O4S. The van der Waals surface area contributed by atoms with Crippen LogP contribution in [0.15, 0.2) is 59.8 Å². The maximum atomic E-state index is 13.1. The van der Waals surface area contributed by atoms with Gasteiger partial charge < -0.3 is 0 Å². The van der Waals surface area contributed by atoms with Crippen LogP contribution in [0.2, 0.25) is 10.0 Å². The predicted octanol–water partition coefficient (Wildman–Crippen LogP) is 4.30. The molecule has 3 aromatic rings. The van der Waals surface area contributed by atoms with Gasteiger partial charge in [-0.1, -0.05) is 40.9 Å². The Kier molecular flexibility index (Phi) is 5.01. The molecule has 7 nitrogen and oxygen atoms in total. The molecule has 1 aromatic heterocycles. The lowest BCUT2D eigenvalue weighted by Crippen LogP contribution is -2.29. The highest BCUT2D eigenvalue weighted by atomic mass is 35.5. The second-order valence-corrected chi connectivity index (χ2v) is 9.10. The molecule has 0 unspecified atom stereocenters. The molecule has 0 atom stereocenters. The molecule has 2 aromatic carbocycles. The summed E-state index contributed by atoms with van der Waals surface area (Å²) >= 11 is 12.1. The van der Waals surface area contributed by atoms with E-state index in [1.165, 1.54) is 42.7 Å². The zero-order chi connectivity index (χ0) is 21.6. The van der Waals surface area contributed by atoms with Crippen molar-refractivity contribution in [2.24, 2.45) is 0 Å². The highest BCUT2D eigenvalue weighted by Gasteiger charge is 2.41. The number of aromatic nitrogens is 1. The lowest BCUT2D eigenvalue weighted by Gasteiger charge is -2.14. The molecule has 0 fully saturated rings. The number of halogens is 2. The molecule has 10 heteroatoms. The SMILES string of the molecule is Cc1ccc(S(=O)(=O)Nc2ccc(Cl)c3c2C(=O)N(c2cncc(Cl)c2)C3=O)cc1. The van der Waals surface area contributed by atoms with Crippen molar-refractivity contribution in [1.82, 2.24) is 4.98 Å². The van der Waals surface area contributed by atoms with Gasteiger partial charge in [0.15, 0.2) is 0 Å². The topological polar surface area (TPSA) is 96.4 Å². The molecule has 4 rings (SSSR count). The maximum absolute atomic E-state index is 13.1. The lowest BCUT2D eigenvalue weighted by molar-refractivity contribution is 0.0926. The van der Waals surface area contributed by atoms with Crippen LogP contribution in [0.5, 0.6) is 0 Å². The summed E-state index contributed by atoms with van der Waals surface area (Å²) in [5.41, 5.74) is 0.768. The van der Waals surface area contributed by atoms with Crippen LogP contribution in [0.1, 0.15) is 26.3 Å². The third-order valence-corrected chi connectivity index (χ3v) is 6.42. The molecule has 0 aliphatic carbocycles. The minimum Gasteiger partial charge on any atom is -0.279 e. The number of benzene rings is 2. The van der Waals surface area contributed by atoms with Gasteiger partial charge >= 0.3 is 0 Å². The number of pyridine rings is 1. The molecule has 0 spiro atoms. The first-order valence-electron chi connectivity index (χ1n) is 8.60. The number of fused-ring (bicyclic) bond motifs is 1. The Morgan fingerprint density at radius 2 is 1.60 bits per heavy atom. The summed E-state index contributed by atoms with van der Waals surface area (Å²) in [7, 11) is -4.00. The number of carbonyl (C=O) groups is 2. The van der Waals surface area contributed by atoms with E-state index < -0.39 is 21.8 Å². The molecule has 0 saturated heterocycles. The van der Waals surface area contributed by atoms with Crippen molar-refractivity contribution >= 4 is 56.4 Å². The summed E-state index contributed by atoms with van der Waals surface area (Å²) in [5.74, 6) is -1.43. The van der Waals surface area contributed by atoms with Crippen LogP contribution in [0.3, 0.4) is 0 Å². The molecule has 30 heavy (non-hydrogen) atoms. The normalized spacial score (nSPS) is 13.5. The number of anilines is 2. The van der Waals surface area contributed by atoms with E-state index in [1.807, 2.05) is 6.92 Å². The van der Waals surface area contributed by atoms with Gasteiger partial charge in [-0.15, -0.1) is 0 Å². The predicted molar refractivity (Wildman–Crippen MR) is 114 cm³/mol. The number of amides is 2. The second-order valence-electron chi connectivity index (χ2n) is 6.57. The van der Waals surface area contributed by atoms with Gasteiger partial charge in [0, 0.05) is 6.20 Å². The number of sulfonamides is 1. The summed E-state index contributed by atoms with van der Waals surface area (Å²) in [6.45, 7) is 1.83. The largest absolute Gasteiger partial charge is 0.279 e. The molecular weight excluding hydrogens is 449 g/mol. The van der Waals surface area contributed by atoms with Gasteiger partial charge in [0.2, 0.25) is 0 Å². The number of aryl methyl sites for hydroxylation is 1. The maximum Gasteiger partial charge on any atom is 0.268 e. The molecule has 2 amide bonds. The van der Waals surface area contributed by atoms with Gasteiger partial charge in [0.05, 0.1) is 43.6 Å². The van der Waals surface area contributed by atoms with E-state index in [1.54, 1.807) is 12.1 Å². The Labute approximate surface area is 182 Å². The van der Waals surface area contributed by atoms with E-state index in [4.69, 9.17) is 23.2 Å². The zero-order valence-electron chi connectivity index (χ0n) is 15.4. The van der Waals surface area contributed by atoms with E-state index in [-0.39, 0.29) is 37.4 Å².